The van der Waals surface area contributed by atoms with Gasteiger partial charge in [-0.05, 0) is 38.7 Å². The molecule has 30 heavy (non-hydrogen) atoms. The van der Waals surface area contributed by atoms with E-state index < -0.39 is 10.1 Å². The van der Waals surface area contributed by atoms with Crippen molar-refractivity contribution in [3.8, 4) is 0 Å². The van der Waals surface area contributed by atoms with Gasteiger partial charge in [-0.1, -0.05) is 29.8 Å². The molecular formula is C21H27N3O5S. The summed E-state index contributed by atoms with van der Waals surface area (Å²) in [5.41, 5.74) is 3.75. The Morgan fingerprint density at radius 3 is 2.63 bits per heavy atom. The largest absolute Gasteiger partial charge is 0.350 e. The number of nitrogens with zero attached hydrogens (tertiary/aromatic N) is 3. The lowest BCUT2D eigenvalue weighted by Gasteiger charge is -2.37. The van der Waals surface area contributed by atoms with Gasteiger partial charge in [-0.2, -0.15) is 8.42 Å². The first-order valence-corrected chi connectivity index (χ1v) is 11.5. The second-order valence-corrected chi connectivity index (χ2v) is 9.22. The van der Waals surface area contributed by atoms with Crippen LogP contribution < -0.4 is 4.90 Å². The molecule has 2 atom stereocenters. The molecule has 0 N–H and O–H groups in total. The van der Waals surface area contributed by atoms with Crippen LogP contribution in [-0.2, 0) is 30.3 Å². The van der Waals surface area contributed by atoms with E-state index in [0.29, 0.717) is 11.5 Å². The van der Waals surface area contributed by atoms with Gasteiger partial charge in [0.1, 0.15) is 18.4 Å². The molecule has 0 unspecified atom stereocenters. The van der Waals surface area contributed by atoms with E-state index in [2.05, 4.69) is 45.3 Å². The number of rotatable bonds is 8. The third kappa shape index (κ3) is 5.34. The van der Waals surface area contributed by atoms with Crippen molar-refractivity contribution < 1.29 is 22.1 Å². The second-order valence-electron chi connectivity index (χ2n) is 7.51. The van der Waals surface area contributed by atoms with Crippen LogP contribution in [0.1, 0.15) is 47.8 Å². The molecule has 0 saturated carbocycles. The van der Waals surface area contributed by atoms with Crippen LogP contribution in [0.25, 0.3) is 0 Å². The molecule has 162 valence electrons. The molecule has 1 aromatic carbocycles. The van der Waals surface area contributed by atoms with Crippen molar-refractivity contribution in [1.29, 1.82) is 0 Å². The average molecular weight is 434 g/mol. The second kappa shape index (κ2) is 9.53. The molecule has 1 aliphatic rings. The van der Waals surface area contributed by atoms with Gasteiger partial charge in [0.25, 0.3) is 0 Å². The van der Waals surface area contributed by atoms with Gasteiger partial charge >= 0.3 is 16.6 Å². The fourth-order valence-electron chi connectivity index (χ4n) is 3.66. The Morgan fingerprint density at radius 2 is 1.93 bits per heavy atom. The Hall–Kier alpha value is -2.52. The van der Waals surface area contributed by atoms with Crippen molar-refractivity contribution in [2.24, 2.45) is 0 Å². The maximum atomic E-state index is 11.6. The Morgan fingerprint density at radius 1 is 1.20 bits per heavy atom. The van der Waals surface area contributed by atoms with Gasteiger partial charge in [0.05, 0.1) is 11.9 Å². The van der Waals surface area contributed by atoms with E-state index in [0.717, 1.165) is 24.8 Å². The van der Waals surface area contributed by atoms with Gasteiger partial charge in [-0.25, -0.2) is 9.97 Å². The number of anilines is 1. The minimum absolute atomic E-state index is 0.0269. The van der Waals surface area contributed by atoms with Crippen LogP contribution in [-0.4, -0.2) is 43.9 Å². The molecule has 0 spiro atoms. The van der Waals surface area contributed by atoms with E-state index in [-0.39, 0.29) is 31.0 Å². The average Bonchev–Trinajstić information content (AvgIpc) is 2.73. The van der Waals surface area contributed by atoms with E-state index in [1.165, 1.54) is 17.5 Å². The predicted molar refractivity (Wildman–Crippen MR) is 112 cm³/mol. The lowest BCUT2D eigenvalue weighted by Crippen LogP contribution is -2.38. The molecule has 1 saturated heterocycles. The lowest BCUT2D eigenvalue weighted by atomic mass is 9.99. The summed E-state index contributed by atoms with van der Waals surface area (Å²) in [5, 5.41) is 0. The summed E-state index contributed by atoms with van der Waals surface area (Å²) in [6.45, 7) is 3.84. The molecule has 2 heterocycles. The molecule has 2 aromatic rings. The summed E-state index contributed by atoms with van der Waals surface area (Å²) in [6, 6.07) is 8.40. The third-order valence-corrected chi connectivity index (χ3v) is 6.47. The summed E-state index contributed by atoms with van der Waals surface area (Å²) in [5.74, 6) is 0.366. The normalized spacial score (nSPS) is 19.3. The van der Waals surface area contributed by atoms with Crippen molar-refractivity contribution in [3.05, 3.63) is 53.0 Å². The first-order valence-electron chi connectivity index (χ1n) is 9.90. The molecule has 0 aliphatic carbocycles. The quantitative estimate of drug-likeness (QED) is 0.463. The van der Waals surface area contributed by atoms with Crippen LogP contribution in [0.2, 0.25) is 0 Å². The maximum absolute atomic E-state index is 11.6. The van der Waals surface area contributed by atoms with E-state index in [1.807, 2.05) is 18.9 Å². The van der Waals surface area contributed by atoms with Crippen molar-refractivity contribution in [3.63, 3.8) is 0 Å². The molecular weight excluding hydrogens is 406 g/mol. The molecule has 9 heteroatoms. The van der Waals surface area contributed by atoms with Crippen molar-refractivity contribution >= 4 is 22.4 Å². The van der Waals surface area contributed by atoms with Crippen LogP contribution >= 0.6 is 0 Å². The first kappa shape index (κ1) is 22.2. The minimum atomic E-state index is -3.91. The molecule has 8 nitrogen and oxygen atoms in total. The lowest BCUT2D eigenvalue weighted by molar-refractivity contribution is -0.120. The summed E-state index contributed by atoms with van der Waals surface area (Å²) < 4.78 is 33.8. The number of hydrogen-bond acceptors (Lipinski definition) is 8. The topological polar surface area (TPSA) is 98.7 Å². The van der Waals surface area contributed by atoms with Crippen LogP contribution in [0, 0.1) is 13.8 Å². The van der Waals surface area contributed by atoms with E-state index in [9.17, 15) is 13.2 Å². The molecule has 0 radical (unpaired) electrons. The van der Waals surface area contributed by atoms with Gasteiger partial charge < -0.3 is 13.8 Å². The Bertz CT molecular complexity index is 979. The number of ether oxygens (including phenoxy) is 1. The first-order chi connectivity index (χ1) is 14.3. The maximum Gasteiger partial charge on any atom is 0.311 e. The van der Waals surface area contributed by atoms with Gasteiger partial charge in [0, 0.05) is 24.7 Å². The standard InChI is InChI=1S/C21H27N3O5S/c1-15-7-9-17(10-8-15)19-5-4-6-20(29-19)24(3)21-16(2)18(22-13-23-21)11-12-30(26,27)28-14-25/h7-10,13-14,19-20H,4-6,11-12H2,1-3H3/t19-,20+/m0/s1. The zero-order valence-electron chi connectivity index (χ0n) is 17.4. The molecule has 1 fully saturated rings. The number of hydrogen-bond donors (Lipinski definition) is 0. The summed E-state index contributed by atoms with van der Waals surface area (Å²) in [7, 11) is -1.98. The fraction of sp³-hybridized carbons (Fsp3) is 0.476. The van der Waals surface area contributed by atoms with E-state index >= 15 is 0 Å². The monoisotopic (exact) mass is 433 g/mol. The van der Waals surface area contributed by atoms with Crippen molar-refractivity contribution in [2.75, 3.05) is 17.7 Å². The molecule has 3 rings (SSSR count). The molecule has 1 aromatic heterocycles. The van der Waals surface area contributed by atoms with Crippen LogP contribution in [0.4, 0.5) is 5.82 Å². The summed E-state index contributed by atoms with van der Waals surface area (Å²) in [4.78, 5) is 20.9. The Kier molecular flexibility index (Phi) is 7.04. The van der Waals surface area contributed by atoms with Crippen LogP contribution in [0.3, 0.4) is 0 Å². The zero-order valence-corrected chi connectivity index (χ0v) is 18.3. The smallest absolute Gasteiger partial charge is 0.311 e. The highest BCUT2D eigenvalue weighted by Crippen LogP contribution is 2.34. The zero-order chi connectivity index (χ0) is 21.7. The van der Waals surface area contributed by atoms with Gasteiger partial charge in [0.15, 0.2) is 0 Å². The Balaban J connectivity index is 1.73. The Labute approximate surface area is 177 Å². The van der Waals surface area contributed by atoms with Crippen molar-refractivity contribution in [2.45, 2.75) is 51.9 Å². The minimum Gasteiger partial charge on any atom is -0.350 e. The number of aromatic nitrogens is 2. The number of carbonyl (C=O) groups excluding carboxylic acids is 1. The van der Waals surface area contributed by atoms with Crippen molar-refractivity contribution in [1.82, 2.24) is 9.97 Å². The summed E-state index contributed by atoms with van der Waals surface area (Å²) in [6.07, 6.45) is 4.30. The highest BCUT2D eigenvalue weighted by atomic mass is 32.2. The van der Waals surface area contributed by atoms with Gasteiger partial charge in [-0.3, -0.25) is 4.79 Å². The number of aryl methyl sites for hydroxylation is 2. The van der Waals surface area contributed by atoms with Crippen LogP contribution in [0.5, 0.6) is 0 Å². The van der Waals surface area contributed by atoms with Gasteiger partial charge in [0.2, 0.25) is 0 Å². The number of benzene rings is 1. The van der Waals surface area contributed by atoms with E-state index in [1.54, 1.807) is 0 Å². The summed E-state index contributed by atoms with van der Waals surface area (Å²) >= 11 is 0. The molecule has 0 bridgehead atoms. The van der Waals surface area contributed by atoms with Crippen LogP contribution in [0.15, 0.2) is 30.6 Å². The molecule has 0 amide bonds. The predicted octanol–water partition coefficient (Wildman–Crippen LogP) is 2.84. The van der Waals surface area contributed by atoms with Gasteiger partial charge in [-0.15, -0.1) is 0 Å². The highest BCUT2D eigenvalue weighted by molar-refractivity contribution is 7.87. The highest BCUT2D eigenvalue weighted by Gasteiger charge is 2.28. The fourth-order valence-corrected chi connectivity index (χ4v) is 4.32. The SMILES string of the molecule is Cc1ccc([C@@H]2CCC[C@H](N(C)c3ncnc(CCS(=O)(=O)OC=O)c3C)O2)cc1. The number of carbonyl (C=O) groups is 1. The van der Waals surface area contributed by atoms with E-state index in [4.69, 9.17) is 4.74 Å². The third-order valence-electron chi connectivity index (χ3n) is 5.39. The molecule has 1 aliphatic heterocycles.